The molecule has 0 N–H and O–H groups in total. The summed E-state index contributed by atoms with van der Waals surface area (Å²) < 4.78 is 0. The van der Waals surface area contributed by atoms with Crippen molar-refractivity contribution in [3.63, 3.8) is 0 Å². The highest BCUT2D eigenvalue weighted by Crippen LogP contribution is 2.31. The molecule has 0 bridgehead atoms. The Kier molecular flexibility index (Phi) is 4.10. The van der Waals surface area contributed by atoms with Gasteiger partial charge in [-0.2, -0.15) is 0 Å². The van der Waals surface area contributed by atoms with Gasteiger partial charge in [-0.15, -0.1) is 0 Å². The van der Waals surface area contributed by atoms with Crippen molar-refractivity contribution in [2.45, 2.75) is 36.9 Å². The van der Waals surface area contributed by atoms with Crippen molar-refractivity contribution in [3.05, 3.63) is 34.9 Å². The van der Waals surface area contributed by atoms with Crippen LogP contribution in [0, 0.1) is 5.92 Å². The Bertz CT molecular complexity index is 324. The zero-order valence-electron chi connectivity index (χ0n) is 8.76. The third-order valence-electron chi connectivity index (χ3n) is 3.13. The molecule has 2 atom stereocenters. The van der Waals surface area contributed by atoms with Crippen molar-refractivity contribution in [3.8, 4) is 0 Å². The normalized spacial score (nSPS) is 26.5. The Morgan fingerprint density at radius 3 is 2.93 bits per heavy atom. The molecule has 1 aliphatic carbocycles. The molecule has 1 fully saturated rings. The summed E-state index contributed by atoms with van der Waals surface area (Å²) in [4.78, 5) is 0.732. The minimum Gasteiger partial charge on any atom is -0.0891 e. The van der Waals surface area contributed by atoms with Gasteiger partial charge in [0, 0.05) is 9.85 Å². The number of hydrogen-bond acceptors (Lipinski definition) is 0. The second-order valence-corrected chi connectivity index (χ2v) is 6.20. The van der Waals surface area contributed by atoms with Crippen molar-refractivity contribution >= 4 is 27.5 Å². The van der Waals surface area contributed by atoms with Crippen LogP contribution in [0.5, 0.6) is 0 Å². The van der Waals surface area contributed by atoms with Crippen LogP contribution in [0.1, 0.15) is 31.2 Å². The second kappa shape index (κ2) is 5.36. The summed E-state index contributed by atoms with van der Waals surface area (Å²) in [6.07, 6.45) is 6.57. The van der Waals surface area contributed by atoms with Crippen LogP contribution in [0.15, 0.2) is 24.3 Å². The van der Waals surface area contributed by atoms with Gasteiger partial charge in [0.25, 0.3) is 0 Å². The first-order valence-electron chi connectivity index (χ1n) is 5.62. The molecule has 0 aromatic heterocycles. The maximum Gasteiger partial charge on any atom is 0.0408 e. The van der Waals surface area contributed by atoms with E-state index in [-0.39, 0.29) is 0 Å². The molecule has 15 heavy (non-hydrogen) atoms. The Morgan fingerprint density at radius 1 is 1.33 bits per heavy atom. The minimum atomic E-state index is 0.732. The summed E-state index contributed by atoms with van der Waals surface area (Å²) in [5.74, 6) is 0.835. The molecule has 1 aromatic rings. The van der Waals surface area contributed by atoms with Crippen LogP contribution >= 0.6 is 27.5 Å². The maximum atomic E-state index is 5.98. The van der Waals surface area contributed by atoms with Gasteiger partial charge in [-0.05, 0) is 42.9 Å². The summed E-state index contributed by atoms with van der Waals surface area (Å²) in [5, 5.41) is 0.860. The SMILES string of the molecule is Clc1cccc(CC2CCCC(Br)C2)c1. The molecule has 0 heterocycles. The van der Waals surface area contributed by atoms with Gasteiger partial charge in [0.05, 0.1) is 0 Å². The summed E-state index contributed by atoms with van der Waals surface area (Å²) in [6.45, 7) is 0. The lowest BCUT2D eigenvalue weighted by molar-refractivity contribution is 0.368. The number of halogens is 2. The first-order chi connectivity index (χ1) is 7.24. The van der Waals surface area contributed by atoms with Crippen molar-refractivity contribution in [1.29, 1.82) is 0 Å². The van der Waals surface area contributed by atoms with Gasteiger partial charge in [0.2, 0.25) is 0 Å². The highest BCUT2D eigenvalue weighted by Gasteiger charge is 2.19. The quantitative estimate of drug-likeness (QED) is 0.683. The average Bonchev–Trinajstić information content (AvgIpc) is 2.17. The highest BCUT2D eigenvalue weighted by molar-refractivity contribution is 9.09. The van der Waals surface area contributed by atoms with Crippen LogP contribution in [0.25, 0.3) is 0 Å². The van der Waals surface area contributed by atoms with E-state index in [1.54, 1.807) is 0 Å². The Hall–Kier alpha value is -0.0100. The van der Waals surface area contributed by atoms with E-state index in [0.717, 1.165) is 15.8 Å². The zero-order valence-corrected chi connectivity index (χ0v) is 11.1. The van der Waals surface area contributed by atoms with E-state index in [4.69, 9.17) is 11.6 Å². The molecule has 0 amide bonds. The van der Waals surface area contributed by atoms with Crippen LogP contribution < -0.4 is 0 Å². The third kappa shape index (κ3) is 3.49. The fourth-order valence-corrected chi connectivity index (χ4v) is 3.47. The Balaban J connectivity index is 1.96. The smallest absolute Gasteiger partial charge is 0.0408 e. The second-order valence-electron chi connectivity index (χ2n) is 4.46. The highest BCUT2D eigenvalue weighted by atomic mass is 79.9. The number of benzene rings is 1. The van der Waals surface area contributed by atoms with Gasteiger partial charge in [0.15, 0.2) is 0 Å². The molecular weight excluding hydrogens is 272 g/mol. The monoisotopic (exact) mass is 286 g/mol. The van der Waals surface area contributed by atoms with E-state index < -0.39 is 0 Å². The van der Waals surface area contributed by atoms with E-state index in [9.17, 15) is 0 Å². The number of rotatable bonds is 2. The Morgan fingerprint density at radius 2 is 2.20 bits per heavy atom. The molecule has 82 valence electrons. The van der Waals surface area contributed by atoms with Crippen LogP contribution in [-0.2, 0) is 6.42 Å². The third-order valence-corrected chi connectivity index (χ3v) is 4.20. The zero-order chi connectivity index (χ0) is 10.7. The lowest BCUT2D eigenvalue weighted by atomic mass is 9.85. The molecule has 2 heteroatoms. The first kappa shape index (κ1) is 11.5. The molecule has 0 radical (unpaired) electrons. The summed E-state index contributed by atoms with van der Waals surface area (Å²) in [5.41, 5.74) is 1.38. The fourth-order valence-electron chi connectivity index (χ4n) is 2.41. The van der Waals surface area contributed by atoms with Crippen LogP contribution in [-0.4, -0.2) is 4.83 Å². The molecule has 0 nitrogen and oxygen atoms in total. The molecule has 2 unspecified atom stereocenters. The molecular formula is C13H16BrCl. The van der Waals surface area contributed by atoms with E-state index in [2.05, 4.69) is 28.1 Å². The van der Waals surface area contributed by atoms with Gasteiger partial charge < -0.3 is 0 Å². The van der Waals surface area contributed by atoms with E-state index in [1.807, 2.05) is 12.1 Å². The van der Waals surface area contributed by atoms with Gasteiger partial charge in [-0.3, -0.25) is 0 Å². The van der Waals surface area contributed by atoms with Gasteiger partial charge in [0.1, 0.15) is 0 Å². The van der Waals surface area contributed by atoms with Gasteiger partial charge in [-0.1, -0.05) is 52.5 Å². The van der Waals surface area contributed by atoms with Crippen molar-refractivity contribution in [2.24, 2.45) is 5.92 Å². The Labute approximate surface area is 105 Å². The molecule has 1 aromatic carbocycles. The van der Waals surface area contributed by atoms with E-state index in [1.165, 1.54) is 37.7 Å². The standard InChI is InChI=1S/C13H16BrCl/c14-12-5-1-3-10(8-12)7-11-4-2-6-13(15)9-11/h2,4,6,9-10,12H,1,3,5,7-8H2. The van der Waals surface area contributed by atoms with Crippen molar-refractivity contribution in [1.82, 2.24) is 0 Å². The van der Waals surface area contributed by atoms with Gasteiger partial charge in [-0.25, -0.2) is 0 Å². The lowest BCUT2D eigenvalue weighted by Gasteiger charge is -2.25. The van der Waals surface area contributed by atoms with E-state index >= 15 is 0 Å². The van der Waals surface area contributed by atoms with Crippen LogP contribution in [0.2, 0.25) is 5.02 Å². The van der Waals surface area contributed by atoms with Gasteiger partial charge >= 0.3 is 0 Å². The summed E-state index contributed by atoms with van der Waals surface area (Å²) in [6, 6.07) is 8.27. The fraction of sp³-hybridized carbons (Fsp3) is 0.538. The molecule has 1 saturated carbocycles. The summed E-state index contributed by atoms with van der Waals surface area (Å²) >= 11 is 9.71. The first-order valence-corrected chi connectivity index (χ1v) is 6.92. The van der Waals surface area contributed by atoms with Crippen LogP contribution in [0.3, 0.4) is 0 Å². The molecule has 0 spiro atoms. The molecule has 2 rings (SSSR count). The average molecular weight is 288 g/mol. The molecule has 0 saturated heterocycles. The maximum absolute atomic E-state index is 5.98. The van der Waals surface area contributed by atoms with E-state index in [0.29, 0.717) is 0 Å². The molecule has 0 aliphatic heterocycles. The topological polar surface area (TPSA) is 0 Å². The summed E-state index contributed by atoms with van der Waals surface area (Å²) in [7, 11) is 0. The molecule has 1 aliphatic rings. The minimum absolute atomic E-state index is 0.732. The van der Waals surface area contributed by atoms with Crippen molar-refractivity contribution in [2.75, 3.05) is 0 Å². The lowest BCUT2D eigenvalue weighted by Crippen LogP contribution is -2.16. The predicted molar refractivity (Wildman–Crippen MR) is 69.8 cm³/mol. The largest absolute Gasteiger partial charge is 0.0891 e. The van der Waals surface area contributed by atoms with Crippen LogP contribution in [0.4, 0.5) is 0 Å². The predicted octanol–water partition coefficient (Wildman–Crippen LogP) is 4.84. The van der Waals surface area contributed by atoms with Crippen molar-refractivity contribution < 1.29 is 0 Å². The number of hydrogen-bond donors (Lipinski definition) is 0. The number of alkyl halides is 1.